The number of morpholine rings is 1. The van der Waals surface area contributed by atoms with Gasteiger partial charge in [-0.25, -0.2) is 24.5 Å². The largest absolute Gasteiger partial charge is 0.477 e. The Hall–Kier alpha value is -3.78. The van der Waals surface area contributed by atoms with Crippen molar-refractivity contribution in [3.8, 4) is 5.88 Å². The van der Waals surface area contributed by atoms with Gasteiger partial charge in [0.15, 0.2) is 5.82 Å². The number of fused-ring (bicyclic) bond motifs is 2. The molecule has 0 saturated carbocycles. The lowest BCUT2D eigenvalue weighted by molar-refractivity contribution is 0.0231. The van der Waals surface area contributed by atoms with E-state index in [-0.39, 0.29) is 12.1 Å². The number of carbonyl (C=O) groups excluding carboxylic acids is 2. The molecule has 2 aromatic heterocycles. The first-order valence-electron chi connectivity index (χ1n) is 13.3. The zero-order valence-corrected chi connectivity index (χ0v) is 22.3. The molecule has 2 bridgehead atoms. The van der Waals surface area contributed by atoms with Crippen LogP contribution in [0.5, 0.6) is 5.88 Å². The summed E-state index contributed by atoms with van der Waals surface area (Å²) in [5.74, 6) is 1.59. The second kappa shape index (κ2) is 12.4. The monoisotopic (exact) mass is 541 g/mol. The molecule has 0 aliphatic carbocycles. The molecule has 3 saturated heterocycles. The van der Waals surface area contributed by atoms with Crippen LogP contribution < -0.4 is 20.3 Å². The fourth-order valence-electron chi connectivity index (χ4n) is 5.14. The van der Waals surface area contributed by atoms with E-state index in [1.54, 1.807) is 24.2 Å². The van der Waals surface area contributed by atoms with Crippen molar-refractivity contribution in [1.29, 1.82) is 0 Å². The predicted octanol–water partition coefficient (Wildman–Crippen LogP) is 1.82. The molecule has 3 aliphatic heterocycles. The van der Waals surface area contributed by atoms with E-state index in [2.05, 4.69) is 35.5 Å². The number of likely N-dealkylation sites (tertiary alicyclic amines) is 1. The minimum atomic E-state index is -0.550. The Labute approximate surface area is 227 Å². The van der Waals surface area contributed by atoms with Crippen molar-refractivity contribution in [2.75, 3.05) is 68.6 Å². The minimum absolute atomic E-state index is 0.0640. The van der Waals surface area contributed by atoms with Gasteiger partial charge in [-0.05, 0) is 32.3 Å². The SMILES string of the molecule is CCOc1cnc(NC(=O)N(C)[C@@H]2CCCN(c3nccc(NC(=O)OCCN4C[C@@H]5C[C@H]4CO5)n3)C2)cn1. The smallest absolute Gasteiger partial charge is 0.412 e. The molecule has 5 rings (SSSR count). The summed E-state index contributed by atoms with van der Waals surface area (Å²) in [7, 11) is 1.75. The second-order valence-corrected chi connectivity index (χ2v) is 9.80. The number of likely N-dealkylation sites (N-methyl/N-ethyl adjacent to an activating group) is 1. The highest BCUT2D eigenvalue weighted by atomic mass is 16.5. The van der Waals surface area contributed by atoms with Gasteiger partial charge in [-0.15, -0.1) is 0 Å². The molecule has 0 spiro atoms. The van der Waals surface area contributed by atoms with Crippen molar-refractivity contribution in [2.45, 2.75) is 44.4 Å². The summed E-state index contributed by atoms with van der Waals surface area (Å²) < 4.78 is 16.3. The molecule has 14 nitrogen and oxygen atoms in total. The number of aromatic nitrogens is 4. The van der Waals surface area contributed by atoms with Gasteiger partial charge < -0.3 is 24.0 Å². The summed E-state index contributed by atoms with van der Waals surface area (Å²) >= 11 is 0. The first-order chi connectivity index (χ1) is 19.0. The van der Waals surface area contributed by atoms with E-state index in [1.807, 2.05) is 11.8 Å². The van der Waals surface area contributed by atoms with Crippen LogP contribution in [0.15, 0.2) is 24.7 Å². The van der Waals surface area contributed by atoms with Crippen molar-refractivity contribution in [3.05, 3.63) is 24.7 Å². The fraction of sp³-hybridized carbons (Fsp3) is 0.600. The molecule has 0 unspecified atom stereocenters. The number of piperidine rings is 1. The third-order valence-electron chi connectivity index (χ3n) is 7.20. The molecule has 3 amide bonds. The topological polar surface area (TPSA) is 147 Å². The lowest BCUT2D eigenvalue weighted by atomic mass is 10.1. The Morgan fingerprint density at radius 1 is 1.18 bits per heavy atom. The van der Waals surface area contributed by atoms with E-state index in [0.29, 0.717) is 61.9 Å². The van der Waals surface area contributed by atoms with E-state index >= 15 is 0 Å². The summed E-state index contributed by atoms with van der Waals surface area (Å²) in [6.07, 6.45) is 7.06. The lowest BCUT2D eigenvalue weighted by Crippen LogP contribution is -2.50. The average molecular weight is 542 g/mol. The Bertz CT molecular complexity index is 1140. The van der Waals surface area contributed by atoms with E-state index in [4.69, 9.17) is 14.2 Å². The van der Waals surface area contributed by atoms with Crippen LogP contribution in [0.1, 0.15) is 26.2 Å². The molecule has 2 N–H and O–H groups in total. The maximum atomic E-state index is 12.8. The quantitative estimate of drug-likeness (QED) is 0.479. The van der Waals surface area contributed by atoms with Crippen LogP contribution in [-0.4, -0.2) is 113 Å². The van der Waals surface area contributed by atoms with Crippen LogP contribution in [0.25, 0.3) is 0 Å². The van der Waals surface area contributed by atoms with Gasteiger partial charge in [0.2, 0.25) is 11.8 Å². The van der Waals surface area contributed by atoms with E-state index in [1.165, 1.54) is 12.4 Å². The molecular weight excluding hydrogens is 506 g/mol. The Kier molecular flexibility index (Phi) is 8.51. The predicted molar refractivity (Wildman–Crippen MR) is 142 cm³/mol. The van der Waals surface area contributed by atoms with Gasteiger partial charge in [0, 0.05) is 45.5 Å². The van der Waals surface area contributed by atoms with Gasteiger partial charge in [-0.3, -0.25) is 15.5 Å². The first-order valence-corrected chi connectivity index (χ1v) is 13.3. The zero-order chi connectivity index (χ0) is 27.2. The third-order valence-corrected chi connectivity index (χ3v) is 7.20. The number of urea groups is 1. The summed E-state index contributed by atoms with van der Waals surface area (Å²) in [4.78, 5) is 48.4. The molecule has 39 heavy (non-hydrogen) atoms. The van der Waals surface area contributed by atoms with Crippen LogP contribution in [0, 0.1) is 0 Å². The highest BCUT2D eigenvalue weighted by Crippen LogP contribution is 2.27. The van der Waals surface area contributed by atoms with Crippen molar-refractivity contribution < 1.29 is 23.8 Å². The fourth-order valence-corrected chi connectivity index (χ4v) is 5.14. The van der Waals surface area contributed by atoms with E-state index in [0.717, 1.165) is 39.0 Å². The summed E-state index contributed by atoms with van der Waals surface area (Å²) in [5.41, 5.74) is 0. The molecule has 5 heterocycles. The molecule has 3 fully saturated rings. The maximum absolute atomic E-state index is 12.8. The summed E-state index contributed by atoms with van der Waals surface area (Å²) in [6.45, 7) is 6.29. The summed E-state index contributed by atoms with van der Waals surface area (Å²) in [5, 5.41) is 5.47. The van der Waals surface area contributed by atoms with Crippen LogP contribution in [0.4, 0.5) is 27.2 Å². The molecule has 3 aliphatic rings. The van der Waals surface area contributed by atoms with Crippen molar-refractivity contribution in [2.24, 2.45) is 0 Å². The van der Waals surface area contributed by atoms with Gasteiger partial charge >= 0.3 is 12.1 Å². The normalized spacial score (nSPS) is 22.4. The standard InChI is InChI=1S/C25H35N9O5/c1-3-37-22-13-27-21(12-28-22)30-24(35)32(2)17-5-4-8-34(14-17)23-26-7-6-20(29-23)31-25(36)38-10-9-33-15-19-11-18(33)16-39-19/h6-7,12-13,17-19H,3-5,8-11,14-16H2,1-2H3,(H,27,30,35)(H,26,29,31,36)/t17-,18+,19+/m1/s1. The van der Waals surface area contributed by atoms with Crippen LogP contribution >= 0.6 is 0 Å². The maximum Gasteiger partial charge on any atom is 0.412 e. The first kappa shape index (κ1) is 26.8. The van der Waals surface area contributed by atoms with Crippen LogP contribution in [-0.2, 0) is 9.47 Å². The minimum Gasteiger partial charge on any atom is -0.477 e. The molecule has 0 aromatic carbocycles. The van der Waals surface area contributed by atoms with E-state index in [9.17, 15) is 9.59 Å². The number of nitrogens with zero attached hydrogens (tertiary/aromatic N) is 7. The highest BCUT2D eigenvalue weighted by Gasteiger charge is 2.38. The van der Waals surface area contributed by atoms with Crippen LogP contribution in [0.2, 0.25) is 0 Å². The van der Waals surface area contributed by atoms with E-state index < -0.39 is 6.09 Å². The number of nitrogens with one attached hydrogen (secondary N) is 2. The van der Waals surface area contributed by atoms with Gasteiger partial charge in [-0.2, -0.15) is 4.98 Å². The molecule has 0 radical (unpaired) electrons. The number of rotatable bonds is 9. The molecular formula is C25H35N9O5. The average Bonchev–Trinajstić information content (AvgIpc) is 3.58. The molecule has 3 atom stereocenters. The number of ether oxygens (including phenoxy) is 3. The van der Waals surface area contributed by atoms with Crippen molar-refractivity contribution >= 4 is 29.7 Å². The van der Waals surface area contributed by atoms with Gasteiger partial charge in [0.25, 0.3) is 0 Å². The lowest BCUT2D eigenvalue weighted by Gasteiger charge is -2.37. The number of amides is 3. The van der Waals surface area contributed by atoms with Crippen molar-refractivity contribution in [1.82, 2.24) is 29.7 Å². The molecule has 14 heteroatoms. The third kappa shape index (κ3) is 6.81. The number of carbonyl (C=O) groups is 2. The van der Waals surface area contributed by atoms with Gasteiger partial charge in [0.05, 0.1) is 37.8 Å². The number of anilines is 3. The number of hydrogen-bond acceptors (Lipinski definition) is 11. The zero-order valence-electron chi connectivity index (χ0n) is 22.3. The van der Waals surface area contributed by atoms with Crippen LogP contribution in [0.3, 0.4) is 0 Å². The Morgan fingerprint density at radius 3 is 2.82 bits per heavy atom. The van der Waals surface area contributed by atoms with Crippen molar-refractivity contribution in [3.63, 3.8) is 0 Å². The van der Waals surface area contributed by atoms with Gasteiger partial charge in [-0.1, -0.05) is 0 Å². The molecule has 210 valence electrons. The van der Waals surface area contributed by atoms with Gasteiger partial charge in [0.1, 0.15) is 12.4 Å². The summed E-state index contributed by atoms with van der Waals surface area (Å²) in [6, 6.07) is 1.71. The Balaban J connectivity index is 1.10. The number of hydrogen-bond donors (Lipinski definition) is 2. The molecule has 2 aromatic rings. The Morgan fingerprint density at radius 2 is 2.08 bits per heavy atom. The second-order valence-electron chi connectivity index (χ2n) is 9.80. The highest BCUT2D eigenvalue weighted by molar-refractivity contribution is 5.88.